The smallest absolute Gasteiger partial charge is 0.222 e. The highest BCUT2D eigenvalue weighted by atomic mass is 16.5. The maximum absolute atomic E-state index is 11.6. The lowest BCUT2D eigenvalue weighted by Crippen LogP contribution is -2.45. The lowest BCUT2D eigenvalue weighted by Gasteiger charge is -2.36. The van der Waals surface area contributed by atoms with Gasteiger partial charge in [0.15, 0.2) is 0 Å². The Morgan fingerprint density at radius 1 is 1.07 bits per heavy atom. The Kier molecular flexibility index (Phi) is 5.81. The van der Waals surface area contributed by atoms with Gasteiger partial charge in [-0.3, -0.25) is 9.69 Å². The lowest BCUT2D eigenvalue weighted by molar-refractivity contribution is -0.130. The quantitative estimate of drug-likeness (QED) is 0.792. The van der Waals surface area contributed by atoms with Crippen LogP contribution >= 0.6 is 0 Å². The predicted octanol–water partition coefficient (Wildman–Crippen LogP) is 3.69. The van der Waals surface area contributed by atoms with Crippen LogP contribution in [0.5, 0.6) is 11.6 Å². The summed E-state index contributed by atoms with van der Waals surface area (Å²) in [5.41, 5.74) is 2.03. The number of para-hydroxylation sites is 1. The molecule has 4 rings (SSSR count). The van der Waals surface area contributed by atoms with Crippen molar-refractivity contribution in [2.24, 2.45) is 0 Å². The number of likely N-dealkylation sites (tertiary alicyclic amines) is 2. The van der Waals surface area contributed by atoms with E-state index in [0.29, 0.717) is 17.8 Å². The highest BCUT2D eigenvalue weighted by Gasteiger charge is 2.33. The molecule has 0 aliphatic carbocycles. The number of nitrogens with zero attached hydrogens (tertiary/aromatic N) is 4. The van der Waals surface area contributed by atoms with Crippen LogP contribution in [0.15, 0.2) is 30.3 Å². The molecule has 2 saturated heterocycles. The van der Waals surface area contributed by atoms with Crippen LogP contribution in [-0.2, 0) is 4.79 Å². The highest BCUT2D eigenvalue weighted by Crippen LogP contribution is 2.31. The molecule has 154 valence electrons. The van der Waals surface area contributed by atoms with Crippen LogP contribution in [0.1, 0.15) is 49.2 Å². The molecule has 0 spiro atoms. The first-order chi connectivity index (χ1) is 14.0. The van der Waals surface area contributed by atoms with Gasteiger partial charge in [-0.1, -0.05) is 18.2 Å². The average molecular weight is 395 g/mol. The molecule has 6 heteroatoms. The molecular weight excluding hydrogens is 364 g/mol. The number of carbonyl (C=O) groups excluding carboxylic acids is 1. The zero-order chi connectivity index (χ0) is 20.4. The second-order valence-corrected chi connectivity index (χ2v) is 8.29. The van der Waals surface area contributed by atoms with Crippen molar-refractivity contribution in [2.75, 3.05) is 26.2 Å². The van der Waals surface area contributed by atoms with Crippen LogP contribution < -0.4 is 4.74 Å². The summed E-state index contributed by atoms with van der Waals surface area (Å²) in [6.07, 6.45) is 3.19. The topological polar surface area (TPSA) is 58.6 Å². The number of ether oxygens (including phenoxy) is 1. The van der Waals surface area contributed by atoms with Crippen LogP contribution in [0.3, 0.4) is 0 Å². The summed E-state index contributed by atoms with van der Waals surface area (Å²) >= 11 is 0. The van der Waals surface area contributed by atoms with E-state index >= 15 is 0 Å². The molecule has 3 heterocycles. The Balaban J connectivity index is 1.42. The van der Waals surface area contributed by atoms with E-state index in [2.05, 4.69) is 4.90 Å². The van der Waals surface area contributed by atoms with Crippen molar-refractivity contribution < 1.29 is 9.53 Å². The van der Waals surface area contributed by atoms with Gasteiger partial charge in [0.25, 0.3) is 0 Å². The molecule has 0 saturated carbocycles. The second-order valence-electron chi connectivity index (χ2n) is 8.29. The van der Waals surface area contributed by atoms with Crippen LogP contribution in [0.4, 0.5) is 0 Å². The van der Waals surface area contributed by atoms with Gasteiger partial charge in [0, 0.05) is 50.3 Å². The van der Waals surface area contributed by atoms with Gasteiger partial charge < -0.3 is 9.64 Å². The van der Waals surface area contributed by atoms with E-state index in [1.165, 1.54) is 0 Å². The molecule has 2 fully saturated rings. The van der Waals surface area contributed by atoms with Crippen molar-refractivity contribution in [3.8, 4) is 11.6 Å². The van der Waals surface area contributed by atoms with Crippen LogP contribution in [0.2, 0.25) is 0 Å². The number of piperidine rings is 1. The van der Waals surface area contributed by atoms with Crippen LogP contribution in [-0.4, -0.2) is 57.9 Å². The van der Waals surface area contributed by atoms with Gasteiger partial charge in [-0.05, 0) is 51.3 Å². The summed E-state index contributed by atoms with van der Waals surface area (Å²) in [5, 5.41) is 0. The molecule has 2 aliphatic rings. The minimum atomic E-state index is 0.192. The van der Waals surface area contributed by atoms with Gasteiger partial charge in [0.2, 0.25) is 11.8 Å². The standard InChI is InChI=1S/C23H30N4O2/c1-16-6-4-5-7-21(16)29-22-14-17(2)24-23(25-22)19-8-11-27(15-19)20-9-12-26(13-10-20)18(3)28/h4-7,14,19-20H,8-13,15H2,1-3H3/t19-/m0/s1. The second kappa shape index (κ2) is 8.49. The van der Waals surface area contributed by atoms with Crippen molar-refractivity contribution in [1.29, 1.82) is 0 Å². The molecule has 1 atom stereocenters. The molecule has 2 aromatic rings. The molecule has 1 aromatic heterocycles. The maximum Gasteiger partial charge on any atom is 0.222 e. The number of carbonyl (C=O) groups is 1. The van der Waals surface area contributed by atoms with Gasteiger partial charge in [0.1, 0.15) is 11.6 Å². The van der Waals surface area contributed by atoms with Gasteiger partial charge >= 0.3 is 0 Å². The summed E-state index contributed by atoms with van der Waals surface area (Å²) in [6.45, 7) is 9.50. The molecule has 0 bridgehead atoms. The predicted molar refractivity (Wildman–Crippen MR) is 112 cm³/mol. The fourth-order valence-electron chi connectivity index (χ4n) is 4.46. The summed E-state index contributed by atoms with van der Waals surface area (Å²) < 4.78 is 6.07. The minimum Gasteiger partial charge on any atom is -0.439 e. The number of benzene rings is 1. The van der Waals surface area contributed by atoms with E-state index in [1.807, 2.05) is 49.1 Å². The molecule has 1 aromatic carbocycles. The highest BCUT2D eigenvalue weighted by molar-refractivity contribution is 5.73. The molecule has 1 amide bonds. The van der Waals surface area contributed by atoms with E-state index in [9.17, 15) is 4.79 Å². The van der Waals surface area contributed by atoms with Crippen molar-refractivity contribution in [1.82, 2.24) is 19.8 Å². The van der Waals surface area contributed by atoms with Crippen LogP contribution in [0, 0.1) is 13.8 Å². The third-order valence-corrected chi connectivity index (χ3v) is 6.17. The number of amides is 1. The van der Waals surface area contributed by atoms with E-state index < -0.39 is 0 Å². The van der Waals surface area contributed by atoms with Crippen molar-refractivity contribution >= 4 is 5.91 Å². The Morgan fingerprint density at radius 3 is 2.55 bits per heavy atom. The zero-order valence-electron chi connectivity index (χ0n) is 17.6. The first kappa shape index (κ1) is 19.8. The molecular formula is C23H30N4O2. The minimum absolute atomic E-state index is 0.192. The SMILES string of the molecule is CC(=O)N1CCC(N2CC[C@H](c3nc(C)cc(Oc4ccccc4C)n3)C2)CC1. The van der Waals surface area contributed by atoms with Gasteiger partial charge in [-0.2, -0.15) is 4.98 Å². The zero-order valence-corrected chi connectivity index (χ0v) is 17.6. The lowest BCUT2D eigenvalue weighted by atomic mass is 10.0. The Bertz CT molecular complexity index is 877. The van der Waals surface area contributed by atoms with Gasteiger partial charge in [-0.25, -0.2) is 4.98 Å². The normalized spacial score (nSPS) is 20.8. The van der Waals surface area contributed by atoms with E-state index in [1.54, 1.807) is 6.92 Å². The van der Waals surface area contributed by atoms with Crippen molar-refractivity contribution in [3.05, 3.63) is 47.4 Å². The Labute approximate surface area is 172 Å². The third kappa shape index (κ3) is 4.58. The number of aromatic nitrogens is 2. The third-order valence-electron chi connectivity index (χ3n) is 6.17. The molecule has 6 nitrogen and oxygen atoms in total. The largest absolute Gasteiger partial charge is 0.439 e. The van der Waals surface area contributed by atoms with E-state index in [4.69, 9.17) is 14.7 Å². The van der Waals surface area contributed by atoms with Crippen molar-refractivity contribution in [3.63, 3.8) is 0 Å². The number of hydrogen-bond donors (Lipinski definition) is 0. The number of rotatable bonds is 4. The first-order valence-corrected chi connectivity index (χ1v) is 10.6. The van der Waals surface area contributed by atoms with Gasteiger partial charge in [0.05, 0.1) is 0 Å². The summed E-state index contributed by atoms with van der Waals surface area (Å²) in [7, 11) is 0. The summed E-state index contributed by atoms with van der Waals surface area (Å²) in [5.74, 6) is 2.87. The molecule has 29 heavy (non-hydrogen) atoms. The monoisotopic (exact) mass is 394 g/mol. The molecule has 2 aliphatic heterocycles. The van der Waals surface area contributed by atoms with E-state index in [0.717, 1.165) is 68.3 Å². The fraction of sp³-hybridized carbons (Fsp3) is 0.522. The summed E-state index contributed by atoms with van der Waals surface area (Å²) in [4.78, 5) is 25.6. The maximum atomic E-state index is 11.6. The Morgan fingerprint density at radius 2 is 1.83 bits per heavy atom. The number of hydrogen-bond acceptors (Lipinski definition) is 5. The average Bonchev–Trinajstić information content (AvgIpc) is 3.20. The summed E-state index contributed by atoms with van der Waals surface area (Å²) in [6, 6.07) is 10.5. The van der Waals surface area contributed by atoms with Gasteiger partial charge in [-0.15, -0.1) is 0 Å². The molecule has 0 radical (unpaired) electrons. The van der Waals surface area contributed by atoms with E-state index in [-0.39, 0.29) is 5.91 Å². The first-order valence-electron chi connectivity index (χ1n) is 10.6. The van der Waals surface area contributed by atoms with Crippen LogP contribution in [0.25, 0.3) is 0 Å². The molecule has 0 unspecified atom stereocenters. The molecule has 0 N–H and O–H groups in total. The van der Waals surface area contributed by atoms with Crippen molar-refractivity contribution in [2.45, 2.75) is 52.0 Å². The Hall–Kier alpha value is -2.47. The number of aryl methyl sites for hydroxylation is 2. The fourth-order valence-corrected chi connectivity index (χ4v) is 4.46.